The summed E-state index contributed by atoms with van der Waals surface area (Å²) in [6.07, 6.45) is 4.13. The van der Waals surface area contributed by atoms with Crippen LogP contribution in [0.25, 0.3) is 0 Å². The molecule has 2 unspecified atom stereocenters. The van der Waals surface area contributed by atoms with Crippen LogP contribution in [0.15, 0.2) is 78.9 Å². The molecule has 0 aromatic heterocycles. The average molecular weight is 793 g/mol. The van der Waals surface area contributed by atoms with Gasteiger partial charge in [-0.05, 0) is 100 Å². The van der Waals surface area contributed by atoms with E-state index in [0.29, 0.717) is 61.5 Å². The highest BCUT2D eigenvalue weighted by Crippen LogP contribution is 2.36. The van der Waals surface area contributed by atoms with E-state index < -0.39 is 44.1 Å². The van der Waals surface area contributed by atoms with Crippen molar-refractivity contribution >= 4 is 20.0 Å². The zero-order valence-corrected chi connectivity index (χ0v) is 35.5. The summed E-state index contributed by atoms with van der Waals surface area (Å²) in [6.45, 7) is 13.1. The molecule has 0 amide bonds. The normalized spacial score (nSPS) is 17.7. The predicted molar refractivity (Wildman–Crippen MR) is 217 cm³/mol. The molecule has 0 saturated carbocycles. The van der Waals surface area contributed by atoms with Crippen LogP contribution in [-0.2, 0) is 41.4 Å². The summed E-state index contributed by atoms with van der Waals surface area (Å²) in [5.74, 6) is -0.180. The van der Waals surface area contributed by atoms with E-state index in [0.717, 1.165) is 22.9 Å². The first-order valence-corrected chi connectivity index (χ1v) is 22.9. The lowest BCUT2D eigenvalue weighted by Gasteiger charge is -2.25. The van der Waals surface area contributed by atoms with Crippen molar-refractivity contribution in [3.63, 3.8) is 0 Å². The van der Waals surface area contributed by atoms with Crippen LogP contribution in [0.2, 0.25) is 25.7 Å². The quantitative estimate of drug-likeness (QED) is 0.0421. The van der Waals surface area contributed by atoms with Crippen LogP contribution in [0.5, 0.6) is 17.2 Å². The van der Waals surface area contributed by atoms with E-state index in [-0.39, 0.29) is 12.9 Å². The number of aryl methyl sites for hydroxylation is 1. The molecule has 1 fully saturated rings. The molecule has 12 heteroatoms. The maximum atomic E-state index is 13.6. The van der Waals surface area contributed by atoms with E-state index in [4.69, 9.17) is 42.6 Å². The Kier molecular flexibility index (Phi) is 17.0. The number of rotatable bonds is 22. The standard InChI is InChI=1S/C44H60O11Si/c1-31(51-29-32-21-23-35(48-5)24-22-32)15-13-19-37(53-42(45)33-16-11-10-12-17-33)41-38(54-44(2,3)55-41)20-14-18-34-27-36(49-6)28-39(52-30-47-4)40(34)43(46)50-25-26-56(7,8)9/h10-13,16-17,19,21-24,27-28,31,37-38,41H,14-15,18,20,25-26,29-30H2,1-9H3/b19-13-/t31-,37?,38+,41?/m1/s1. The zero-order chi connectivity index (χ0) is 40.7. The largest absolute Gasteiger partial charge is 0.497 e. The minimum atomic E-state index is -1.44. The maximum absolute atomic E-state index is 13.6. The van der Waals surface area contributed by atoms with Crippen molar-refractivity contribution in [2.45, 2.75) is 109 Å². The Morgan fingerprint density at radius 3 is 2.29 bits per heavy atom. The topological polar surface area (TPSA) is 117 Å². The van der Waals surface area contributed by atoms with Gasteiger partial charge in [0, 0.05) is 21.3 Å². The monoisotopic (exact) mass is 792 g/mol. The fourth-order valence-corrected chi connectivity index (χ4v) is 6.94. The number of ether oxygens (including phenoxy) is 9. The number of esters is 2. The molecule has 1 saturated heterocycles. The highest BCUT2D eigenvalue weighted by Gasteiger charge is 2.45. The molecule has 0 aliphatic carbocycles. The van der Waals surface area contributed by atoms with E-state index in [1.54, 1.807) is 44.6 Å². The third-order valence-corrected chi connectivity index (χ3v) is 10.9. The Morgan fingerprint density at radius 2 is 1.62 bits per heavy atom. The van der Waals surface area contributed by atoms with Crippen molar-refractivity contribution in [3.8, 4) is 17.2 Å². The number of carbonyl (C=O) groups is 2. The molecule has 306 valence electrons. The minimum absolute atomic E-state index is 0.0456. The first-order valence-electron chi connectivity index (χ1n) is 19.2. The van der Waals surface area contributed by atoms with Crippen molar-refractivity contribution in [1.82, 2.24) is 0 Å². The second-order valence-corrected chi connectivity index (χ2v) is 21.2. The first-order chi connectivity index (χ1) is 26.7. The van der Waals surface area contributed by atoms with E-state index in [9.17, 15) is 9.59 Å². The lowest BCUT2D eigenvalue weighted by atomic mass is 9.96. The molecule has 1 aliphatic rings. The van der Waals surface area contributed by atoms with Crippen LogP contribution in [0.4, 0.5) is 0 Å². The van der Waals surface area contributed by atoms with Crippen LogP contribution < -0.4 is 14.2 Å². The molecule has 1 aliphatic heterocycles. The molecular weight excluding hydrogens is 733 g/mol. The molecule has 0 bridgehead atoms. The van der Waals surface area contributed by atoms with E-state index >= 15 is 0 Å². The van der Waals surface area contributed by atoms with Crippen LogP contribution in [0, 0.1) is 0 Å². The van der Waals surface area contributed by atoms with Gasteiger partial charge in [0.05, 0.1) is 45.2 Å². The van der Waals surface area contributed by atoms with Crippen molar-refractivity contribution in [2.24, 2.45) is 0 Å². The van der Waals surface area contributed by atoms with Crippen molar-refractivity contribution < 1.29 is 52.2 Å². The highest BCUT2D eigenvalue weighted by atomic mass is 28.3. The third kappa shape index (κ3) is 14.1. The molecule has 4 atom stereocenters. The number of carbonyl (C=O) groups excluding carboxylic acids is 2. The summed E-state index contributed by atoms with van der Waals surface area (Å²) < 4.78 is 52.8. The van der Waals surface area contributed by atoms with Gasteiger partial charge in [-0.15, -0.1) is 0 Å². The third-order valence-electron chi connectivity index (χ3n) is 9.23. The van der Waals surface area contributed by atoms with Crippen LogP contribution in [0.1, 0.15) is 71.9 Å². The van der Waals surface area contributed by atoms with Crippen molar-refractivity contribution in [3.05, 3.63) is 101 Å². The maximum Gasteiger partial charge on any atom is 0.342 e. The molecule has 4 rings (SSSR count). The zero-order valence-electron chi connectivity index (χ0n) is 34.5. The highest BCUT2D eigenvalue weighted by molar-refractivity contribution is 6.76. The van der Waals surface area contributed by atoms with E-state index in [1.165, 1.54) is 7.11 Å². The first kappa shape index (κ1) is 44.5. The summed E-state index contributed by atoms with van der Waals surface area (Å²) in [5, 5.41) is 0. The molecule has 1 heterocycles. The molecule has 0 radical (unpaired) electrons. The average Bonchev–Trinajstić information content (AvgIpc) is 3.48. The molecule has 3 aromatic rings. The van der Waals surface area contributed by atoms with E-state index in [2.05, 4.69) is 19.6 Å². The van der Waals surface area contributed by atoms with Gasteiger partial charge >= 0.3 is 11.9 Å². The minimum Gasteiger partial charge on any atom is -0.497 e. The Labute approximate surface area is 333 Å². The van der Waals surface area contributed by atoms with Gasteiger partial charge in [-0.2, -0.15) is 0 Å². The van der Waals surface area contributed by atoms with Gasteiger partial charge in [0.2, 0.25) is 0 Å². The van der Waals surface area contributed by atoms with Crippen LogP contribution >= 0.6 is 0 Å². The Morgan fingerprint density at radius 1 is 0.911 bits per heavy atom. The molecule has 11 nitrogen and oxygen atoms in total. The summed E-state index contributed by atoms with van der Waals surface area (Å²) in [5.41, 5.74) is 2.54. The van der Waals surface area contributed by atoms with Crippen LogP contribution in [0.3, 0.4) is 0 Å². The summed E-state index contributed by atoms with van der Waals surface area (Å²) in [4.78, 5) is 27.0. The van der Waals surface area contributed by atoms with Gasteiger partial charge < -0.3 is 42.6 Å². The summed E-state index contributed by atoms with van der Waals surface area (Å²) in [6, 6.07) is 21.0. The fraction of sp³-hybridized carbons (Fsp3) is 0.500. The Bertz CT molecular complexity index is 1700. The Balaban J connectivity index is 1.52. The second-order valence-electron chi connectivity index (χ2n) is 15.6. The smallest absolute Gasteiger partial charge is 0.342 e. The van der Waals surface area contributed by atoms with Gasteiger partial charge in [-0.25, -0.2) is 9.59 Å². The Hall–Kier alpha value is -4.20. The SMILES string of the molecule is COCOc1cc(OC)cc(CCC[C@@H]2OC(C)(C)OC2C(/C=C\C[C@@H](C)OCc2ccc(OC)cc2)OC(=O)c2ccccc2)c1C(=O)OCC[Si](C)(C)C. The van der Waals surface area contributed by atoms with Gasteiger partial charge in [0.1, 0.15) is 35.0 Å². The number of benzene rings is 3. The second kappa shape index (κ2) is 21.4. The van der Waals surface area contributed by atoms with Gasteiger partial charge in [0.15, 0.2) is 12.6 Å². The number of hydrogen-bond donors (Lipinski definition) is 0. The lowest BCUT2D eigenvalue weighted by molar-refractivity contribution is -0.153. The van der Waals surface area contributed by atoms with Crippen LogP contribution in [-0.4, -0.2) is 84.9 Å². The van der Waals surface area contributed by atoms with Crippen molar-refractivity contribution in [1.29, 1.82) is 0 Å². The number of hydrogen-bond acceptors (Lipinski definition) is 11. The number of methoxy groups -OCH3 is 3. The van der Waals surface area contributed by atoms with Gasteiger partial charge in [0.25, 0.3) is 0 Å². The molecule has 0 N–H and O–H groups in total. The molecular formula is C44H60O11Si. The van der Waals surface area contributed by atoms with Crippen molar-refractivity contribution in [2.75, 3.05) is 34.7 Å². The predicted octanol–water partition coefficient (Wildman–Crippen LogP) is 8.80. The fourth-order valence-electron chi connectivity index (χ4n) is 6.22. The van der Waals surface area contributed by atoms with Gasteiger partial charge in [-0.3, -0.25) is 0 Å². The lowest BCUT2D eigenvalue weighted by Crippen LogP contribution is -2.37. The summed E-state index contributed by atoms with van der Waals surface area (Å²) in [7, 11) is 3.29. The summed E-state index contributed by atoms with van der Waals surface area (Å²) >= 11 is 0. The molecule has 0 spiro atoms. The van der Waals surface area contributed by atoms with Gasteiger partial charge in [-0.1, -0.05) is 56.0 Å². The molecule has 56 heavy (non-hydrogen) atoms. The molecule has 3 aromatic carbocycles. The van der Waals surface area contributed by atoms with E-state index in [1.807, 2.05) is 69.3 Å².